The molecule has 1 saturated carbocycles. The van der Waals surface area contributed by atoms with E-state index in [1.54, 1.807) is 0 Å². The number of nitrogens with zero attached hydrogens (tertiary/aromatic N) is 1. The maximum absolute atomic E-state index is 12.0. The van der Waals surface area contributed by atoms with Gasteiger partial charge in [0.05, 0.1) is 6.54 Å². The molecule has 0 radical (unpaired) electrons. The molecule has 0 aliphatic heterocycles. The highest BCUT2D eigenvalue weighted by atomic mass is 16.2. The Hall–Kier alpha value is -0.610. The summed E-state index contributed by atoms with van der Waals surface area (Å²) in [5, 5.41) is 3.14. The van der Waals surface area contributed by atoms with Gasteiger partial charge < -0.3 is 11.1 Å². The quantitative estimate of drug-likeness (QED) is 0.722. The van der Waals surface area contributed by atoms with Gasteiger partial charge in [0, 0.05) is 12.6 Å². The average Bonchev–Trinajstić information content (AvgIpc) is 2.80. The minimum absolute atomic E-state index is 0.0731. The van der Waals surface area contributed by atoms with Gasteiger partial charge in [-0.25, -0.2) is 0 Å². The lowest BCUT2D eigenvalue weighted by Crippen LogP contribution is -2.45. The normalized spacial score (nSPS) is 17.4. The Bertz CT molecular complexity index is 260. The molecule has 0 unspecified atom stereocenters. The molecule has 0 atom stereocenters. The molecule has 1 aliphatic carbocycles. The lowest BCUT2D eigenvalue weighted by molar-refractivity contribution is -0.123. The third-order valence-electron chi connectivity index (χ3n) is 3.74. The van der Waals surface area contributed by atoms with Crippen molar-refractivity contribution < 1.29 is 4.79 Å². The van der Waals surface area contributed by atoms with Crippen LogP contribution in [0.1, 0.15) is 46.5 Å². The van der Waals surface area contributed by atoms with E-state index in [1.165, 1.54) is 12.8 Å². The Balaban J connectivity index is 2.34. The van der Waals surface area contributed by atoms with Crippen molar-refractivity contribution in [2.45, 2.75) is 52.5 Å². The zero-order valence-corrected chi connectivity index (χ0v) is 12.2. The predicted octanol–water partition coefficient (Wildman–Crippen LogP) is 1.35. The van der Waals surface area contributed by atoms with E-state index in [9.17, 15) is 4.79 Å². The second kappa shape index (κ2) is 7.10. The van der Waals surface area contributed by atoms with Gasteiger partial charge in [-0.3, -0.25) is 9.69 Å². The summed E-state index contributed by atoms with van der Waals surface area (Å²) in [5.74, 6) is 0.163. The molecular weight excluding hydrogens is 226 g/mol. The van der Waals surface area contributed by atoms with E-state index in [-0.39, 0.29) is 11.3 Å². The standard InChI is InChI=1S/C14H29N3O/c1-4-17(11-14(2,3)10-15)9-13(18)16-12-7-5-6-8-12/h12H,4-11,15H2,1-3H3,(H,16,18). The Morgan fingerprint density at radius 3 is 2.50 bits per heavy atom. The summed E-state index contributed by atoms with van der Waals surface area (Å²) in [6, 6.07) is 0.415. The maximum Gasteiger partial charge on any atom is 0.234 e. The van der Waals surface area contributed by atoms with Crippen molar-refractivity contribution in [1.29, 1.82) is 0 Å². The van der Waals surface area contributed by atoms with Crippen molar-refractivity contribution in [3.8, 4) is 0 Å². The summed E-state index contributed by atoms with van der Waals surface area (Å²) >= 11 is 0. The van der Waals surface area contributed by atoms with E-state index < -0.39 is 0 Å². The highest BCUT2D eigenvalue weighted by molar-refractivity contribution is 5.78. The summed E-state index contributed by atoms with van der Waals surface area (Å²) < 4.78 is 0. The summed E-state index contributed by atoms with van der Waals surface area (Å²) in [6.45, 7) is 9.29. The summed E-state index contributed by atoms with van der Waals surface area (Å²) in [5.41, 5.74) is 5.82. The van der Waals surface area contributed by atoms with Crippen molar-refractivity contribution in [1.82, 2.24) is 10.2 Å². The number of nitrogens with one attached hydrogen (secondary N) is 1. The third-order valence-corrected chi connectivity index (χ3v) is 3.74. The predicted molar refractivity (Wildman–Crippen MR) is 75.3 cm³/mol. The Morgan fingerprint density at radius 1 is 1.39 bits per heavy atom. The van der Waals surface area contributed by atoms with Gasteiger partial charge in [0.2, 0.25) is 5.91 Å². The first-order valence-corrected chi connectivity index (χ1v) is 7.18. The zero-order chi connectivity index (χ0) is 13.6. The fourth-order valence-corrected chi connectivity index (χ4v) is 2.50. The number of nitrogens with two attached hydrogens (primary N) is 1. The van der Waals surface area contributed by atoms with Crippen molar-refractivity contribution in [3.05, 3.63) is 0 Å². The van der Waals surface area contributed by atoms with Gasteiger partial charge in [-0.05, 0) is 31.3 Å². The first kappa shape index (κ1) is 15.4. The molecule has 1 rings (SSSR count). The highest BCUT2D eigenvalue weighted by Crippen LogP contribution is 2.18. The van der Waals surface area contributed by atoms with Crippen LogP contribution in [-0.4, -0.2) is 43.0 Å². The molecule has 1 fully saturated rings. The van der Waals surface area contributed by atoms with Gasteiger partial charge in [0.15, 0.2) is 0 Å². The highest BCUT2D eigenvalue weighted by Gasteiger charge is 2.22. The fourth-order valence-electron chi connectivity index (χ4n) is 2.50. The Morgan fingerprint density at radius 2 is 2.00 bits per heavy atom. The molecule has 0 spiro atoms. The molecule has 106 valence electrons. The van der Waals surface area contributed by atoms with E-state index in [2.05, 4.69) is 31.0 Å². The number of carbonyl (C=O) groups is 1. The molecule has 1 amide bonds. The molecule has 4 nitrogen and oxygen atoms in total. The van der Waals surface area contributed by atoms with Gasteiger partial charge >= 0.3 is 0 Å². The van der Waals surface area contributed by atoms with Crippen LogP contribution in [0, 0.1) is 5.41 Å². The van der Waals surface area contributed by atoms with E-state index >= 15 is 0 Å². The summed E-state index contributed by atoms with van der Waals surface area (Å²) in [4.78, 5) is 14.1. The number of likely N-dealkylation sites (N-methyl/N-ethyl adjacent to an activating group) is 1. The van der Waals surface area contributed by atoms with Crippen LogP contribution in [0.25, 0.3) is 0 Å². The second-order valence-corrected chi connectivity index (χ2v) is 6.22. The lowest BCUT2D eigenvalue weighted by Gasteiger charge is -2.30. The van der Waals surface area contributed by atoms with Crippen LogP contribution in [0.3, 0.4) is 0 Å². The smallest absolute Gasteiger partial charge is 0.234 e. The van der Waals surface area contributed by atoms with E-state index in [0.717, 1.165) is 25.9 Å². The van der Waals surface area contributed by atoms with Crippen molar-refractivity contribution in [2.24, 2.45) is 11.1 Å². The van der Waals surface area contributed by atoms with Crippen molar-refractivity contribution >= 4 is 5.91 Å². The second-order valence-electron chi connectivity index (χ2n) is 6.22. The summed E-state index contributed by atoms with van der Waals surface area (Å²) in [7, 11) is 0. The minimum Gasteiger partial charge on any atom is -0.352 e. The number of hydrogen-bond acceptors (Lipinski definition) is 3. The minimum atomic E-state index is 0.0731. The van der Waals surface area contributed by atoms with Crippen LogP contribution >= 0.6 is 0 Å². The van der Waals surface area contributed by atoms with Crippen LogP contribution in [0.4, 0.5) is 0 Å². The third kappa shape index (κ3) is 5.36. The maximum atomic E-state index is 12.0. The number of hydrogen-bond donors (Lipinski definition) is 2. The molecule has 4 heteroatoms. The van der Waals surface area contributed by atoms with Crippen LogP contribution in [0.2, 0.25) is 0 Å². The van der Waals surface area contributed by atoms with Crippen LogP contribution in [-0.2, 0) is 4.79 Å². The largest absolute Gasteiger partial charge is 0.352 e. The van der Waals surface area contributed by atoms with E-state index in [1.807, 2.05) is 0 Å². The van der Waals surface area contributed by atoms with E-state index in [4.69, 9.17) is 5.73 Å². The topological polar surface area (TPSA) is 58.4 Å². The molecule has 0 aromatic heterocycles. The van der Waals surface area contributed by atoms with Crippen LogP contribution in [0.15, 0.2) is 0 Å². The summed E-state index contributed by atoms with van der Waals surface area (Å²) in [6.07, 6.45) is 4.80. The fraction of sp³-hybridized carbons (Fsp3) is 0.929. The van der Waals surface area contributed by atoms with Crippen LogP contribution < -0.4 is 11.1 Å². The zero-order valence-electron chi connectivity index (χ0n) is 12.2. The van der Waals surface area contributed by atoms with Gasteiger partial charge in [-0.2, -0.15) is 0 Å². The SMILES string of the molecule is CCN(CC(=O)NC1CCCC1)CC(C)(C)CN. The molecular formula is C14H29N3O. The van der Waals surface area contributed by atoms with Crippen molar-refractivity contribution in [3.63, 3.8) is 0 Å². The Kier molecular flexibility index (Phi) is 6.09. The molecule has 0 heterocycles. The van der Waals surface area contributed by atoms with Gasteiger partial charge in [0.1, 0.15) is 0 Å². The molecule has 0 aromatic carbocycles. The van der Waals surface area contributed by atoms with Gasteiger partial charge in [-0.15, -0.1) is 0 Å². The van der Waals surface area contributed by atoms with E-state index in [0.29, 0.717) is 19.1 Å². The Labute approximate surface area is 111 Å². The number of rotatable bonds is 7. The number of carbonyl (C=O) groups excluding carboxylic acids is 1. The molecule has 0 aromatic rings. The number of amides is 1. The molecule has 18 heavy (non-hydrogen) atoms. The first-order chi connectivity index (χ1) is 8.46. The van der Waals surface area contributed by atoms with Crippen LogP contribution in [0.5, 0.6) is 0 Å². The molecule has 3 N–H and O–H groups in total. The lowest BCUT2D eigenvalue weighted by atomic mass is 9.93. The van der Waals surface area contributed by atoms with Gasteiger partial charge in [-0.1, -0.05) is 33.6 Å². The molecule has 0 bridgehead atoms. The van der Waals surface area contributed by atoms with Crippen molar-refractivity contribution in [2.75, 3.05) is 26.2 Å². The monoisotopic (exact) mass is 255 g/mol. The van der Waals surface area contributed by atoms with Gasteiger partial charge in [0.25, 0.3) is 0 Å². The molecule has 1 aliphatic rings. The first-order valence-electron chi connectivity index (χ1n) is 7.18. The average molecular weight is 255 g/mol. The molecule has 0 saturated heterocycles.